The summed E-state index contributed by atoms with van der Waals surface area (Å²) in [5.41, 5.74) is 0. The first-order chi connectivity index (χ1) is 7.88. The topological polar surface area (TPSA) is 15.3 Å². The van der Waals surface area contributed by atoms with Crippen LogP contribution in [0.3, 0.4) is 0 Å². The molecule has 0 aromatic rings. The minimum absolute atomic E-state index is 0.919. The maximum absolute atomic E-state index is 3.21. The van der Waals surface area contributed by atoms with E-state index in [2.05, 4.69) is 17.1 Å². The van der Waals surface area contributed by atoms with Gasteiger partial charge < -0.3 is 10.2 Å². The molecule has 1 aliphatic rings. The summed E-state index contributed by atoms with van der Waals surface area (Å²) in [6.45, 7) is 6.08. The first-order valence-electron chi connectivity index (χ1n) is 7.27. The zero-order chi connectivity index (χ0) is 11.6. The monoisotopic (exact) mass is 226 g/mol. The van der Waals surface area contributed by atoms with Gasteiger partial charge in [0.1, 0.15) is 0 Å². The van der Waals surface area contributed by atoms with E-state index in [4.69, 9.17) is 0 Å². The Labute approximate surface area is 102 Å². The molecule has 0 aliphatic heterocycles. The fourth-order valence-corrected chi connectivity index (χ4v) is 2.84. The molecule has 0 atom stereocenters. The van der Waals surface area contributed by atoms with E-state index in [9.17, 15) is 0 Å². The Morgan fingerprint density at radius 1 is 1.06 bits per heavy atom. The first-order valence-corrected chi connectivity index (χ1v) is 7.27. The summed E-state index contributed by atoms with van der Waals surface area (Å²) in [6, 6.07) is 0.919. The molecule has 0 aromatic heterocycles. The molecule has 1 N–H and O–H groups in total. The maximum atomic E-state index is 3.21. The molecular formula is C14H30N2. The summed E-state index contributed by atoms with van der Waals surface area (Å²) in [5, 5.41) is 3.21. The first kappa shape index (κ1) is 14.0. The van der Waals surface area contributed by atoms with Crippen molar-refractivity contribution in [3.63, 3.8) is 0 Å². The molecule has 96 valence electrons. The summed E-state index contributed by atoms with van der Waals surface area (Å²) < 4.78 is 0. The number of hydrogen-bond acceptors (Lipinski definition) is 2. The molecule has 0 spiro atoms. The van der Waals surface area contributed by atoms with Crippen molar-refractivity contribution < 1.29 is 0 Å². The van der Waals surface area contributed by atoms with Gasteiger partial charge in [0.25, 0.3) is 0 Å². The zero-order valence-corrected chi connectivity index (χ0v) is 11.3. The van der Waals surface area contributed by atoms with E-state index in [0.717, 1.165) is 6.04 Å². The molecular weight excluding hydrogens is 196 g/mol. The fraction of sp³-hybridized carbons (Fsp3) is 1.00. The highest BCUT2D eigenvalue weighted by molar-refractivity contribution is 4.76. The lowest BCUT2D eigenvalue weighted by Gasteiger charge is -2.27. The zero-order valence-electron chi connectivity index (χ0n) is 11.3. The third-order valence-corrected chi connectivity index (χ3v) is 3.87. The minimum Gasteiger partial charge on any atom is -0.320 e. The van der Waals surface area contributed by atoms with Crippen LogP contribution < -0.4 is 5.32 Å². The van der Waals surface area contributed by atoms with Gasteiger partial charge in [0.2, 0.25) is 0 Å². The Morgan fingerprint density at radius 2 is 1.75 bits per heavy atom. The molecule has 0 aromatic carbocycles. The van der Waals surface area contributed by atoms with Crippen molar-refractivity contribution in [2.24, 2.45) is 0 Å². The van der Waals surface area contributed by atoms with Crippen molar-refractivity contribution >= 4 is 0 Å². The molecule has 16 heavy (non-hydrogen) atoms. The summed E-state index contributed by atoms with van der Waals surface area (Å²) in [4.78, 5) is 2.71. The van der Waals surface area contributed by atoms with E-state index in [1.54, 1.807) is 0 Å². The summed E-state index contributed by atoms with van der Waals surface area (Å²) in [5.74, 6) is 0. The van der Waals surface area contributed by atoms with Gasteiger partial charge in [-0.15, -0.1) is 0 Å². The molecule has 1 saturated carbocycles. The Balaban J connectivity index is 2.00. The van der Waals surface area contributed by atoms with Crippen molar-refractivity contribution in [1.29, 1.82) is 0 Å². The van der Waals surface area contributed by atoms with Crippen LogP contribution in [-0.2, 0) is 0 Å². The molecule has 1 aliphatic carbocycles. The van der Waals surface area contributed by atoms with Crippen LogP contribution in [-0.4, -0.2) is 37.6 Å². The second-order valence-electron chi connectivity index (χ2n) is 5.08. The van der Waals surface area contributed by atoms with Gasteiger partial charge in [-0.1, -0.05) is 32.6 Å². The molecule has 0 unspecified atom stereocenters. The third kappa shape index (κ3) is 5.31. The highest BCUT2D eigenvalue weighted by Crippen LogP contribution is 2.23. The normalized spacial score (nSPS) is 17.4. The average molecular weight is 226 g/mol. The lowest BCUT2D eigenvalue weighted by molar-refractivity contribution is 0.204. The fourth-order valence-electron chi connectivity index (χ4n) is 2.84. The molecule has 2 heteroatoms. The van der Waals surface area contributed by atoms with Gasteiger partial charge in [-0.3, -0.25) is 0 Å². The van der Waals surface area contributed by atoms with Crippen molar-refractivity contribution in [3.8, 4) is 0 Å². The van der Waals surface area contributed by atoms with Crippen LogP contribution in [0.2, 0.25) is 0 Å². The second kappa shape index (κ2) is 9.00. The Hall–Kier alpha value is -0.0800. The van der Waals surface area contributed by atoms with Crippen molar-refractivity contribution in [3.05, 3.63) is 0 Å². The van der Waals surface area contributed by atoms with Gasteiger partial charge in [-0.2, -0.15) is 0 Å². The van der Waals surface area contributed by atoms with E-state index >= 15 is 0 Å². The van der Waals surface area contributed by atoms with Gasteiger partial charge >= 0.3 is 0 Å². The number of nitrogens with one attached hydrogen (secondary N) is 1. The Bertz CT molecular complexity index is 153. The summed E-state index contributed by atoms with van der Waals surface area (Å²) in [6.07, 6.45) is 11.4. The molecule has 0 radical (unpaired) electrons. The molecule has 1 fully saturated rings. The van der Waals surface area contributed by atoms with E-state index in [1.165, 1.54) is 71.0 Å². The highest BCUT2D eigenvalue weighted by Gasteiger charge is 2.20. The highest BCUT2D eigenvalue weighted by atomic mass is 15.1. The van der Waals surface area contributed by atoms with Gasteiger partial charge in [0, 0.05) is 6.04 Å². The van der Waals surface area contributed by atoms with Gasteiger partial charge in [0.15, 0.2) is 0 Å². The Kier molecular flexibility index (Phi) is 7.87. The predicted octanol–water partition coefficient (Wildman–Crippen LogP) is 3.03. The largest absolute Gasteiger partial charge is 0.320 e. The van der Waals surface area contributed by atoms with Crippen LogP contribution in [0.15, 0.2) is 0 Å². The van der Waals surface area contributed by atoms with E-state index in [1.807, 2.05) is 7.05 Å². The van der Waals surface area contributed by atoms with Crippen LogP contribution >= 0.6 is 0 Å². The molecule has 0 saturated heterocycles. The third-order valence-electron chi connectivity index (χ3n) is 3.87. The molecule has 2 nitrogen and oxygen atoms in total. The van der Waals surface area contributed by atoms with Crippen LogP contribution in [0, 0.1) is 0 Å². The van der Waals surface area contributed by atoms with Gasteiger partial charge in [0.05, 0.1) is 0 Å². The molecule has 0 amide bonds. The van der Waals surface area contributed by atoms with Crippen LogP contribution in [0.5, 0.6) is 0 Å². The van der Waals surface area contributed by atoms with Crippen molar-refractivity contribution in [1.82, 2.24) is 10.2 Å². The van der Waals surface area contributed by atoms with Gasteiger partial charge in [-0.05, 0) is 52.4 Å². The molecule has 0 heterocycles. The quantitative estimate of drug-likeness (QED) is 0.608. The number of unbranched alkanes of at least 4 members (excludes halogenated alkanes) is 3. The average Bonchev–Trinajstić information content (AvgIpc) is 2.82. The molecule has 1 rings (SSSR count). The van der Waals surface area contributed by atoms with Crippen molar-refractivity contribution in [2.75, 3.05) is 26.7 Å². The number of hydrogen-bond donors (Lipinski definition) is 1. The number of nitrogens with zero attached hydrogens (tertiary/aromatic N) is 1. The lowest BCUT2D eigenvalue weighted by Crippen LogP contribution is -2.33. The van der Waals surface area contributed by atoms with Crippen LogP contribution in [0.4, 0.5) is 0 Å². The smallest absolute Gasteiger partial charge is 0.00951 e. The summed E-state index contributed by atoms with van der Waals surface area (Å²) in [7, 11) is 2.04. The van der Waals surface area contributed by atoms with E-state index in [-0.39, 0.29) is 0 Å². The maximum Gasteiger partial charge on any atom is 0.00951 e. The van der Waals surface area contributed by atoms with Gasteiger partial charge in [-0.25, -0.2) is 0 Å². The molecule has 0 bridgehead atoms. The standard InChI is InChI=1S/C14H30N2/c1-3-16(14-10-6-7-11-14)13-9-5-4-8-12-15-2/h14-15H,3-13H2,1-2H3. The SMILES string of the molecule is CCN(CCCCCCNC)C1CCCC1. The Morgan fingerprint density at radius 3 is 2.38 bits per heavy atom. The second-order valence-corrected chi connectivity index (χ2v) is 5.08. The lowest BCUT2D eigenvalue weighted by atomic mass is 10.1. The minimum atomic E-state index is 0.919. The summed E-state index contributed by atoms with van der Waals surface area (Å²) >= 11 is 0. The van der Waals surface area contributed by atoms with Crippen LogP contribution in [0.1, 0.15) is 58.3 Å². The van der Waals surface area contributed by atoms with Crippen molar-refractivity contribution in [2.45, 2.75) is 64.3 Å². The van der Waals surface area contributed by atoms with E-state index < -0.39 is 0 Å². The number of rotatable bonds is 9. The predicted molar refractivity (Wildman–Crippen MR) is 71.9 cm³/mol. The van der Waals surface area contributed by atoms with E-state index in [0.29, 0.717) is 0 Å². The van der Waals surface area contributed by atoms with Crippen LogP contribution in [0.25, 0.3) is 0 Å².